The normalized spacial score (nSPS) is 18.4. The molecule has 0 radical (unpaired) electrons. The number of benzene rings is 1. The van der Waals surface area contributed by atoms with Crippen LogP contribution in [0, 0.1) is 30.9 Å². The van der Waals surface area contributed by atoms with Crippen molar-refractivity contribution in [1.82, 2.24) is 15.2 Å². The van der Waals surface area contributed by atoms with E-state index in [1.165, 1.54) is 18.4 Å². The molecule has 1 aliphatic rings. The van der Waals surface area contributed by atoms with Gasteiger partial charge in [0.1, 0.15) is 5.04 Å². The highest BCUT2D eigenvalue weighted by molar-refractivity contribution is 8.26. The van der Waals surface area contributed by atoms with E-state index in [-0.39, 0.29) is 38.5 Å². The lowest BCUT2D eigenvalue weighted by molar-refractivity contribution is 0.114. The van der Waals surface area contributed by atoms with Crippen LogP contribution in [0.1, 0.15) is 56.8 Å². The molecular weight excluding hydrogens is 460 g/mol. The number of hydrogen-bond donors (Lipinski definition) is 2. The Bertz CT molecular complexity index is 1070. The lowest BCUT2D eigenvalue weighted by Gasteiger charge is -2.49. The van der Waals surface area contributed by atoms with Crippen molar-refractivity contribution in [2.45, 2.75) is 71.5 Å². The fraction of sp³-hybridized carbons (Fsp3) is 0.542. The Hall–Kier alpha value is -1.84. The number of thiazole rings is 1. The highest BCUT2D eigenvalue weighted by atomic mass is 32.2. The van der Waals surface area contributed by atoms with Gasteiger partial charge in [0.25, 0.3) is 0 Å². The number of thioether (sulfide) groups is 1. The van der Waals surface area contributed by atoms with E-state index in [1.807, 2.05) is 18.9 Å². The van der Waals surface area contributed by atoms with Gasteiger partial charge in [0.2, 0.25) is 0 Å². The van der Waals surface area contributed by atoms with E-state index in [0.29, 0.717) is 10.6 Å². The lowest BCUT2D eigenvalue weighted by Crippen LogP contribution is -2.62. The summed E-state index contributed by atoms with van der Waals surface area (Å²) in [5, 5.41) is 13.7. The molecule has 0 aliphatic carbocycles. The molecule has 1 saturated heterocycles. The average molecular weight is 494 g/mol. The van der Waals surface area contributed by atoms with Crippen molar-refractivity contribution in [3.05, 3.63) is 40.0 Å². The Labute approximate surface area is 203 Å². The van der Waals surface area contributed by atoms with Crippen LogP contribution < -0.4 is 5.32 Å². The molecular formula is C24H33F2N5S2. The van der Waals surface area contributed by atoms with Crippen LogP contribution in [-0.2, 0) is 0 Å². The van der Waals surface area contributed by atoms with Gasteiger partial charge in [0.05, 0.1) is 15.6 Å². The molecule has 0 bridgehead atoms. The second-order valence-corrected chi connectivity index (χ2v) is 12.1. The van der Waals surface area contributed by atoms with E-state index in [9.17, 15) is 0 Å². The molecule has 0 atom stereocenters. The van der Waals surface area contributed by atoms with Crippen molar-refractivity contribution in [2.24, 2.45) is 4.99 Å². The Morgan fingerprint density at radius 2 is 1.79 bits per heavy atom. The molecule has 0 saturated carbocycles. The maximum atomic E-state index is 15.2. The van der Waals surface area contributed by atoms with Gasteiger partial charge in [-0.05, 0) is 78.3 Å². The van der Waals surface area contributed by atoms with Gasteiger partial charge in [-0.1, -0.05) is 0 Å². The van der Waals surface area contributed by atoms with Crippen molar-refractivity contribution >= 4 is 33.3 Å². The predicted molar refractivity (Wildman–Crippen MR) is 137 cm³/mol. The Morgan fingerprint density at radius 3 is 2.30 bits per heavy atom. The number of aryl methyl sites for hydroxylation is 2. The molecule has 3 rings (SSSR count). The van der Waals surface area contributed by atoms with E-state index in [0.717, 1.165) is 29.6 Å². The zero-order valence-electron chi connectivity index (χ0n) is 20.6. The summed E-state index contributed by atoms with van der Waals surface area (Å²) in [4.78, 5) is 11.1. The lowest BCUT2D eigenvalue weighted by atomic mass is 9.79. The van der Waals surface area contributed by atoms with Gasteiger partial charge in [-0.3, -0.25) is 10.4 Å². The van der Waals surface area contributed by atoms with Gasteiger partial charge in [0.15, 0.2) is 16.8 Å². The van der Waals surface area contributed by atoms with Crippen LogP contribution in [-0.4, -0.2) is 51.3 Å². The molecule has 1 aromatic carbocycles. The maximum absolute atomic E-state index is 15.2. The van der Waals surface area contributed by atoms with Gasteiger partial charge in [0, 0.05) is 42.3 Å². The van der Waals surface area contributed by atoms with Crippen LogP contribution >= 0.6 is 23.1 Å². The van der Waals surface area contributed by atoms with E-state index < -0.39 is 11.6 Å². The van der Waals surface area contributed by atoms with E-state index in [2.05, 4.69) is 43.0 Å². The molecule has 1 fully saturated rings. The maximum Gasteiger partial charge on any atom is 0.169 e. The summed E-state index contributed by atoms with van der Waals surface area (Å²) in [7, 11) is 3.42. The van der Waals surface area contributed by atoms with Gasteiger partial charge >= 0.3 is 0 Å². The second-order valence-electron chi connectivity index (χ2n) is 9.94. The third-order valence-electron chi connectivity index (χ3n) is 5.89. The topological polar surface area (TPSA) is 64.4 Å². The zero-order valence-corrected chi connectivity index (χ0v) is 22.2. The molecule has 0 amide bonds. The quantitative estimate of drug-likeness (QED) is 0.407. The molecule has 9 heteroatoms. The minimum atomic E-state index is -0.953. The van der Waals surface area contributed by atoms with Crippen molar-refractivity contribution in [3.63, 3.8) is 0 Å². The van der Waals surface area contributed by atoms with E-state index in [1.54, 1.807) is 19.1 Å². The molecule has 1 aliphatic heterocycles. The summed E-state index contributed by atoms with van der Waals surface area (Å²) in [5.41, 5.74) is 0.813. The number of rotatable bonds is 3. The first-order chi connectivity index (χ1) is 15.2. The smallest absolute Gasteiger partial charge is 0.169 e. The number of amidine groups is 1. The molecule has 180 valence electrons. The number of nitrogens with one attached hydrogen (secondary N) is 2. The van der Waals surface area contributed by atoms with Crippen LogP contribution in [0.3, 0.4) is 0 Å². The fourth-order valence-electron chi connectivity index (χ4n) is 4.76. The van der Waals surface area contributed by atoms with E-state index >= 15 is 8.78 Å². The van der Waals surface area contributed by atoms with Gasteiger partial charge in [-0.2, -0.15) is 0 Å². The van der Waals surface area contributed by atoms with Crippen LogP contribution in [0.25, 0.3) is 10.4 Å². The zero-order chi connectivity index (χ0) is 24.7. The number of nitrogens with zero attached hydrogens (tertiary/aromatic N) is 3. The average Bonchev–Trinajstić information content (AvgIpc) is 3.03. The molecule has 0 unspecified atom stereocenters. The first-order valence-electron chi connectivity index (χ1n) is 10.9. The third-order valence-corrected chi connectivity index (χ3v) is 8.08. The number of aliphatic imine (C=N–C) groups is 1. The largest absolute Gasteiger partial charge is 0.351 e. The summed E-state index contributed by atoms with van der Waals surface area (Å²) in [6.07, 6.45) is 1.75. The Kier molecular flexibility index (Phi) is 7.36. The molecule has 5 nitrogen and oxygen atoms in total. The number of hydrogen-bond acceptors (Lipinski definition) is 6. The Morgan fingerprint density at radius 1 is 1.18 bits per heavy atom. The molecule has 2 heterocycles. The fourth-order valence-corrected chi connectivity index (χ4v) is 6.54. The number of aromatic nitrogens is 1. The van der Waals surface area contributed by atoms with Gasteiger partial charge < -0.3 is 10.2 Å². The van der Waals surface area contributed by atoms with Crippen molar-refractivity contribution in [2.75, 3.05) is 14.1 Å². The minimum Gasteiger partial charge on any atom is -0.351 e. The second kappa shape index (κ2) is 9.43. The third kappa shape index (κ3) is 5.63. The molecule has 0 spiro atoms. The minimum absolute atomic E-state index is 0.0618. The number of halogens is 2. The summed E-state index contributed by atoms with van der Waals surface area (Å²) >= 11 is 2.40. The van der Waals surface area contributed by atoms with Crippen molar-refractivity contribution in [3.8, 4) is 10.4 Å². The SMILES string of the molecule is C/N=C(\SC(=N)N(C)C1CC(C)(C)NC(C)(C)C1)c1ccc(-c2sc(C)nc2C)c(F)c1F. The molecule has 33 heavy (non-hydrogen) atoms. The van der Waals surface area contributed by atoms with Crippen molar-refractivity contribution < 1.29 is 8.78 Å². The summed E-state index contributed by atoms with van der Waals surface area (Å²) < 4.78 is 30.2. The van der Waals surface area contributed by atoms with Crippen LogP contribution in [0.2, 0.25) is 0 Å². The summed E-state index contributed by atoms with van der Waals surface area (Å²) in [6, 6.07) is 3.27. The number of piperidine rings is 1. The van der Waals surface area contributed by atoms with Crippen molar-refractivity contribution in [1.29, 1.82) is 5.41 Å². The molecule has 2 aromatic rings. The summed E-state index contributed by atoms with van der Waals surface area (Å²) in [6.45, 7) is 12.3. The molecule has 2 N–H and O–H groups in total. The van der Waals surface area contributed by atoms with Gasteiger partial charge in [-0.25, -0.2) is 13.8 Å². The van der Waals surface area contributed by atoms with Gasteiger partial charge in [-0.15, -0.1) is 11.3 Å². The highest BCUT2D eigenvalue weighted by Crippen LogP contribution is 2.35. The first kappa shape index (κ1) is 25.8. The predicted octanol–water partition coefficient (Wildman–Crippen LogP) is 5.99. The highest BCUT2D eigenvalue weighted by Gasteiger charge is 2.40. The molecule has 1 aromatic heterocycles. The van der Waals surface area contributed by atoms with Crippen LogP contribution in [0.15, 0.2) is 17.1 Å². The first-order valence-corrected chi connectivity index (χ1v) is 12.6. The van der Waals surface area contributed by atoms with Crippen LogP contribution in [0.5, 0.6) is 0 Å². The summed E-state index contributed by atoms with van der Waals surface area (Å²) in [5.74, 6) is -1.87. The van der Waals surface area contributed by atoms with Crippen LogP contribution in [0.4, 0.5) is 8.78 Å². The van der Waals surface area contributed by atoms with E-state index in [4.69, 9.17) is 5.41 Å². The standard InChI is InChI=1S/C24H33F2N5S2/c1-13-20(32-14(2)29-13)16-9-10-17(19(26)18(16)25)21(28-7)33-22(27)31(8)15-11-23(3,4)30-24(5,6)12-15/h9-10,15,27,30H,11-12H2,1-8H3/b27-22?,28-21-. The monoisotopic (exact) mass is 493 g/mol. The Balaban J connectivity index is 1.83.